The lowest BCUT2D eigenvalue weighted by Crippen LogP contribution is -2.32. The van der Waals surface area contributed by atoms with Crippen LogP contribution in [0.3, 0.4) is 0 Å². The molecule has 0 fully saturated rings. The second-order valence-corrected chi connectivity index (χ2v) is 8.77. The van der Waals surface area contributed by atoms with E-state index >= 15 is 0 Å². The molecule has 5 rings (SSSR count). The Balaban J connectivity index is 1.44. The average molecular weight is 392 g/mol. The van der Waals surface area contributed by atoms with E-state index in [0.29, 0.717) is 17.0 Å². The van der Waals surface area contributed by atoms with Crippen molar-refractivity contribution in [3.05, 3.63) is 41.1 Å². The van der Waals surface area contributed by atoms with E-state index in [1.807, 2.05) is 12.1 Å². The molecule has 3 aromatic rings. The summed E-state index contributed by atoms with van der Waals surface area (Å²) in [7, 11) is 2.90. The van der Waals surface area contributed by atoms with Crippen molar-refractivity contribution in [1.82, 2.24) is 19.7 Å². The van der Waals surface area contributed by atoms with Gasteiger partial charge >= 0.3 is 5.97 Å². The van der Waals surface area contributed by atoms with Gasteiger partial charge in [-0.05, 0) is 42.5 Å². The Morgan fingerprint density at radius 3 is 2.90 bits per heavy atom. The van der Waals surface area contributed by atoms with Crippen LogP contribution in [0.15, 0.2) is 24.3 Å². The molecule has 1 aliphatic heterocycles. The number of aromatic nitrogens is 3. The smallest absolute Gasteiger partial charge is 0.325 e. The highest BCUT2D eigenvalue weighted by atomic mass is 16.5. The number of nitrogens with one attached hydrogen (secondary N) is 1. The van der Waals surface area contributed by atoms with Crippen LogP contribution in [-0.2, 0) is 16.0 Å². The molecular weight excluding hydrogens is 368 g/mol. The number of benzene rings is 1. The fraction of sp³-hybridized carbons (Fsp3) is 0.409. The minimum absolute atomic E-state index is 0.0765. The van der Waals surface area contributed by atoms with Crippen molar-refractivity contribution in [3.63, 3.8) is 0 Å². The standard InChI is InChI=1S/C22H24N4O3/c1-22(2)8-7-14-18(24-26-19(14)20(22)26)16-10-13-9-12(5-6-15(13)23-16)21(28)25(3)11-17(27)29-4/h5-6,9-10,20,23H,7-8,11H2,1-4H3. The van der Waals surface area contributed by atoms with Gasteiger partial charge in [-0.3, -0.25) is 14.3 Å². The van der Waals surface area contributed by atoms with Crippen LogP contribution in [-0.4, -0.2) is 52.2 Å². The molecule has 7 nitrogen and oxygen atoms in total. The van der Waals surface area contributed by atoms with E-state index in [4.69, 9.17) is 5.10 Å². The maximum Gasteiger partial charge on any atom is 0.325 e. The van der Waals surface area contributed by atoms with Gasteiger partial charge in [-0.2, -0.15) is 5.10 Å². The largest absolute Gasteiger partial charge is 0.468 e. The molecule has 7 heteroatoms. The molecule has 3 heterocycles. The van der Waals surface area contributed by atoms with Crippen LogP contribution >= 0.6 is 0 Å². The summed E-state index contributed by atoms with van der Waals surface area (Å²) in [5.41, 5.74) is 6.55. The monoisotopic (exact) mass is 392 g/mol. The number of methoxy groups -OCH3 is 1. The van der Waals surface area contributed by atoms with Crippen molar-refractivity contribution >= 4 is 22.8 Å². The van der Waals surface area contributed by atoms with Crippen molar-refractivity contribution in [2.75, 3.05) is 20.7 Å². The van der Waals surface area contributed by atoms with Crippen LogP contribution in [0.25, 0.3) is 22.3 Å². The Labute approximate surface area is 168 Å². The number of carbonyl (C=O) groups excluding carboxylic acids is 2. The molecule has 1 aliphatic carbocycles. The average Bonchev–Trinajstić information content (AvgIpc) is 3.09. The molecule has 0 bridgehead atoms. The number of hydrogen-bond acceptors (Lipinski definition) is 4. The van der Waals surface area contributed by atoms with Gasteiger partial charge in [0.15, 0.2) is 0 Å². The Kier molecular flexibility index (Phi) is 3.69. The van der Waals surface area contributed by atoms with Crippen LogP contribution in [0.2, 0.25) is 0 Å². The quantitative estimate of drug-likeness (QED) is 0.692. The molecule has 0 saturated carbocycles. The van der Waals surface area contributed by atoms with E-state index in [0.717, 1.165) is 35.1 Å². The van der Waals surface area contributed by atoms with E-state index in [9.17, 15) is 9.59 Å². The Hall–Kier alpha value is -3.09. The summed E-state index contributed by atoms with van der Waals surface area (Å²) in [4.78, 5) is 28.9. The Morgan fingerprint density at radius 1 is 1.34 bits per heavy atom. The van der Waals surface area contributed by atoms with Crippen LogP contribution in [0.5, 0.6) is 0 Å². The molecule has 150 valence electrons. The molecule has 29 heavy (non-hydrogen) atoms. The summed E-state index contributed by atoms with van der Waals surface area (Å²) in [5.74, 6) is -0.657. The van der Waals surface area contributed by atoms with Crippen LogP contribution in [0.4, 0.5) is 0 Å². The van der Waals surface area contributed by atoms with Gasteiger partial charge in [0, 0.05) is 29.1 Å². The lowest BCUT2D eigenvalue weighted by atomic mass is 9.76. The fourth-order valence-corrected chi connectivity index (χ4v) is 4.58. The van der Waals surface area contributed by atoms with Crippen molar-refractivity contribution < 1.29 is 14.3 Å². The molecule has 0 spiro atoms. The highest BCUT2D eigenvalue weighted by Gasteiger charge is 2.52. The molecule has 1 amide bonds. The fourth-order valence-electron chi connectivity index (χ4n) is 4.58. The van der Waals surface area contributed by atoms with E-state index in [1.165, 1.54) is 23.3 Å². The zero-order valence-corrected chi connectivity index (χ0v) is 17.1. The lowest BCUT2D eigenvalue weighted by Gasteiger charge is -2.28. The highest BCUT2D eigenvalue weighted by molar-refractivity contribution is 6.00. The molecule has 1 atom stereocenters. The van der Waals surface area contributed by atoms with E-state index in [1.54, 1.807) is 13.1 Å². The van der Waals surface area contributed by atoms with E-state index < -0.39 is 5.97 Å². The van der Waals surface area contributed by atoms with Crippen LogP contribution in [0.1, 0.15) is 47.9 Å². The van der Waals surface area contributed by atoms with Crippen LogP contribution < -0.4 is 0 Å². The van der Waals surface area contributed by atoms with Crippen molar-refractivity contribution in [3.8, 4) is 11.4 Å². The first kappa shape index (κ1) is 18.0. The van der Waals surface area contributed by atoms with Gasteiger partial charge in [0.1, 0.15) is 12.2 Å². The molecule has 1 aromatic carbocycles. The number of amides is 1. The summed E-state index contributed by atoms with van der Waals surface area (Å²) in [6.07, 6.45) is 2.21. The number of aromatic amines is 1. The summed E-state index contributed by atoms with van der Waals surface area (Å²) < 4.78 is 6.80. The number of H-pyrrole nitrogens is 1. The predicted octanol–water partition coefficient (Wildman–Crippen LogP) is 3.15. The summed E-state index contributed by atoms with van der Waals surface area (Å²) in [6, 6.07) is 8.05. The summed E-state index contributed by atoms with van der Waals surface area (Å²) in [6.45, 7) is 4.55. The van der Waals surface area contributed by atoms with Crippen LogP contribution in [0, 0.1) is 5.41 Å². The topological polar surface area (TPSA) is 80.2 Å². The minimum atomic E-state index is -0.442. The zero-order valence-electron chi connectivity index (χ0n) is 17.1. The van der Waals surface area contributed by atoms with Gasteiger partial charge in [0.05, 0.1) is 24.5 Å². The number of rotatable bonds is 4. The minimum Gasteiger partial charge on any atom is -0.468 e. The van der Waals surface area contributed by atoms with Crippen molar-refractivity contribution in [1.29, 1.82) is 0 Å². The first-order valence-corrected chi connectivity index (χ1v) is 9.87. The highest BCUT2D eigenvalue weighted by Crippen LogP contribution is 2.57. The van der Waals surface area contributed by atoms with Gasteiger partial charge in [-0.15, -0.1) is 0 Å². The maximum absolute atomic E-state index is 12.6. The third-order valence-corrected chi connectivity index (χ3v) is 6.31. The predicted molar refractivity (Wildman–Crippen MR) is 109 cm³/mol. The second-order valence-electron chi connectivity index (χ2n) is 8.77. The number of esters is 1. The van der Waals surface area contributed by atoms with E-state index in [2.05, 4.69) is 34.3 Å². The van der Waals surface area contributed by atoms with Crippen molar-refractivity contribution in [2.45, 2.75) is 32.7 Å². The van der Waals surface area contributed by atoms with Gasteiger partial charge in [-0.25, -0.2) is 0 Å². The van der Waals surface area contributed by atoms with Gasteiger partial charge in [-0.1, -0.05) is 13.8 Å². The zero-order chi connectivity index (χ0) is 20.5. The van der Waals surface area contributed by atoms with Gasteiger partial charge in [0.25, 0.3) is 5.91 Å². The van der Waals surface area contributed by atoms with Gasteiger partial charge < -0.3 is 14.6 Å². The number of likely N-dealkylation sites (N-methyl/N-ethyl adjacent to an activating group) is 1. The third kappa shape index (κ3) is 2.68. The lowest BCUT2D eigenvalue weighted by molar-refractivity contribution is -0.141. The number of ether oxygens (including phenoxy) is 1. The number of nitrogens with zero attached hydrogens (tertiary/aromatic N) is 3. The second kappa shape index (κ2) is 5.95. The van der Waals surface area contributed by atoms with E-state index in [-0.39, 0.29) is 12.5 Å². The molecule has 0 radical (unpaired) electrons. The number of fused-ring (bicyclic) bond motifs is 2. The number of carbonyl (C=O) groups is 2. The molecule has 1 N–H and O–H groups in total. The summed E-state index contributed by atoms with van der Waals surface area (Å²) >= 11 is 0. The molecule has 0 saturated heterocycles. The first-order chi connectivity index (χ1) is 13.8. The molecule has 2 aliphatic rings. The third-order valence-electron chi connectivity index (χ3n) is 6.31. The Morgan fingerprint density at radius 2 is 2.14 bits per heavy atom. The first-order valence-electron chi connectivity index (χ1n) is 9.87. The Bertz CT molecular complexity index is 1170. The maximum atomic E-state index is 12.6. The molecule has 2 aromatic heterocycles. The molecular formula is C22H24N4O3. The van der Waals surface area contributed by atoms with Crippen molar-refractivity contribution in [2.24, 2.45) is 5.41 Å². The normalized spacial score (nSPS) is 18.4. The number of hydrogen-bond donors (Lipinski definition) is 1. The summed E-state index contributed by atoms with van der Waals surface area (Å²) in [5, 5.41) is 5.81. The SMILES string of the molecule is COC(=O)CN(C)C(=O)c1ccc2[nH]c(-c3nn4c5c3CCC(C)(C)C54)cc2c1. The molecule has 1 unspecified atom stereocenters. The van der Waals surface area contributed by atoms with Gasteiger partial charge in [0.2, 0.25) is 0 Å².